The third-order valence-electron chi connectivity index (χ3n) is 4.35. The van der Waals surface area contributed by atoms with E-state index in [1.165, 1.54) is 0 Å². The van der Waals surface area contributed by atoms with Crippen molar-refractivity contribution in [2.24, 2.45) is 0 Å². The van der Waals surface area contributed by atoms with E-state index in [1.54, 1.807) is 0 Å². The minimum Gasteiger partial charge on any atom is -0.456 e. The zero-order valence-corrected chi connectivity index (χ0v) is 15.8. The summed E-state index contributed by atoms with van der Waals surface area (Å²) in [5, 5.41) is 7.06. The molecular formula is C19H23F2N3O5. The summed E-state index contributed by atoms with van der Waals surface area (Å²) in [7, 11) is 0. The molecule has 0 spiro atoms. The molecule has 0 unspecified atom stereocenters. The summed E-state index contributed by atoms with van der Waals surface area (Å²) in [6, 6.07) is 1.91. The van der Waals surface area contributed by atoms with Gasteiger partial charge in [0.25, 0.3) is 11.8 Å². The van der Waals surface area contributed by atoms with E-state index in [2.05, 4.69) is 16.0 Å². The lowest BCUT2D eigenvalue weighted by atomic mass is 9.96. The van der Waals surface area contributed by atoms with Crippen LogP contribution in [0.3, 0.4) is 0 Å². The quantitative estimate of drug-likeness (QED) is 0.592. The second-order valence-electron chi connectivity index (χ2n) is 6.65. The zero-order chi connectivity index (χ0) is 21.2. The van der Waals surface area contributed by atoms with Crippen LogP contribution < -0.4 is 16.0 Å². The maximum absolute atomic E-state index is 13.5. The number of halogens is 2. The van der Waals surface area contributed by atoms with Crippen LogP contribution in [0.2, 0.25) is 0 Å². The highest BCUT2D eigenvalue weighted by Crippen LogP contribution is 2.17. The molecule has 1 aliphatic carbocycles. The number of hydrogen-bond donors (Lipinski definition) is 3. The lowest BCUT2D eigenvalue weighted by molar-refractivity contribution is -0.148. The minimum absolute atomic E-state index is 0.0358. The molecule has 0 atom stereocenters. The van der Waals surface area contributed by atoms with Crippen LogP contribution in [-0.2, 0) is 14.3 Å². The summed E-state index contributed by atoms with van der Waals surface area (Å²) < 4.78 is 31.0. The van der Waals surface area contributed by atoms with E-state index in [9.17, 15) is 28.0 Å². The van der Waals surface area contributed by atoms with Crippen molar-refractivity contribution in [3.8, 4) is 0 Å². The molecule has 158 valence electrons. The number of carbonyl (C=O) groups excluding carboxylic acids is 4. The Labute approximate surface area is 166 Å². The summed E-state index contributed by atoms with van der Waals surface area (Å²) in [5.41, 5.74) is -0.358. The Bertz CT molecular complexity index is 766. The van der Waals surface area contributed by atoms with Gasteiger partial charge in [0.2, 0.25) is 0 Å². The highest BCUT2D eigenvalue weighted by atomic mass is 19.1. The standard InChI is InChI=1S/C19H23F2N3O5/c20-12-6-7-14(15(21)10-12)18(27)22-9-8-17(26)29-11-16(25)24-19(28)23-13-4-2-1-3-5-13/h6-7,10,13H,1-5,8-9,11H2,(H,22,27)(H2,23,24,25,28). The first-order valence-corrected chi connectivity index (χ1v) is 9.34. The molecule has 4 amide bonds. The molecule has 8 nitrogen and oxygen atoms in total. The molecule has 1 aromatic carbocycles. The van der Waals surface area contributed by atoms with E-state index < -0.39 is 42.1 Å². The molecule has 29 heavy (non-hydrogen) atoms. The largest absolute Gasteiger partial charge is 0.456 e. The minimum atomic E-state index is -1.02. The van der Waals surface area contributed by atoms with E-state index >= 15 is 0 Å². The number of hydrogen-bond acceptors (Lipinski definition) is 5. The summed E-state index contributed by atoms with van der Waals surface area (Å²) in [6.45, 7) is -0.810. The third kappa shape index (κ3) is 7.84. The first kappa shape index (κ1) is 22.3. The number of urea groups is 1. The van der Waals surface area contributed by atoms with Crippen LogP contribution in [-0.4, -0.2) is 43.0 Å². The van der Waals surface area contributed by atoms with E-state index in [-0.39, 0.29) is 24.6 Å². The number of nitrogens with one attached hydrogen (secondary N) is 3. The Kier molecular flexibility index (Phi) is 8.50. The predicted octanol–water partition coefficient (Wildman–Crippen LogP) is 1.79. The van der Waals surface area contributed by atoms with Crippen molar-refractivity contribution in [2.75, 3.05) is 13.2 Å². The van der Waals surface area contributed by atoms with E-state index in [0.29, 0.717) is 6.07 Å². The number of ether oxygens (including phenoxy) is 1. The Morgan fingerprint density at radius 1 is 1.07 bits per heavy atom. The molecule has 10 heteroatoms. The van der Waals surface area contributed by atoms with E-state index in [0.717, 1.165) is 44.2 Å². The second-order valence-corrected chi connectivity index (χ2v) is 6.65. The highest BCUT2D eigenvalue weighted by Gasteiger charge is 2.18. The fourth-order valence-corrected chi connectivity index (χ4v) is 2.90. The molecule has 0 bridgehead atoms. The van der Waals surface area contributed by atoms with Gasteiger partial charge in [-0.1, -0.05) is 19.3 Å². The first-order chi connectivity index (χ1) is 13.8. The number of amides is 4. The van der Waals surface area contributed by atoms with Crippen LogP contribution in [0.25, 0.3) is 0 Å². The summed E-state index contributed by atoms with van der Waals surface area (Å²) in [4.78, 5) is 46.7. The number of imide groups is 1. The molecule has 0 aliphatic heterocycles. The highest BCUT2D eigenvalue weighted by molar-refractivity contribution is 5.96. The number of benzene rings is 1. The number of rotatable bonds is 7. The fourth-order valence-electron chi connectivity index (χ4n) is 2.90. The molecule has 2 rings (SSSR count). The first-order valence-electron chi connectivity index (χ1n) is 9.34. The molecular weight excluding hydrogens is 388 g/mol. The average molecular weight is 411 g/mol. The second kappa shape index (κ2) is 11.1. The molecule has 1 saturated carbocycles. The van der Waals surface area contributed by atoms with Gasteiger partial charge < -0.3 is 15.4 Å². The molecule has 0 aromatic heterocycles. The topological polar surface area (TPSA) is 114 Å². The predicted molar refractivity (Wildman–Crippen MR) is 97.8 cm³/mol. The molecule has 1 fully saturated rings. The lowest BCUT2D eigenvalue weighted by Crippen LogP contribution is -2.46. The summed E-state index contributed by atoms with van der Waals surface area (Å²) in [5.74, 6) is -4.20. The molecule has 0 radical (unpaired) electrons. The number of carbonyl (C=O) groups is 4. The van der Waals surface area contributed by atoms with Crippen LogP contribution in [0.4, 0.5) is 13.6 Å². The monoisotopic (exact) mass is 411 g/mol. The molecule has 1 aliphatic rings. The third-order valence-corrected chi connectivity index (χ3v) is 4.35. The van der Waals surface area contributed by atoms with Gasteiger partial charge in [-0.15, -0.1) is 0 Å². The van der Waals surface area contributed by atoms with E-state index in [4.69, 9.17) is 4.74 Å². The Morgan fingerprint density at radius 2 is 1.79 bits per heavy atom. The van der Waals surface area contributed by atoms with Gasteiger partial charge in [-0.2, -0.15) is 0 Å². The van der Waals surface area contributed by atoms with Gasteiger partial charge in [-0.25, -0.2) is 13.6 Å². The normalized spacial score (nSPS) is 14.0. The van der Waals surface area contributed by atoms with Crippen molar-refractivity contribution in [1.29, 1.82) is 0 Å². The van der Waals surface area contributed by atoms with Crippen molar-refractivity contribution >= 4 is 23.8 Å². The van der Waals surface area contributed by atoms with Crippen LogP contribution in [0.5, 0.6) is 0 Å². The Morgan fingerprint density at radius 3 is 2.48 bits per heavy atom. The van der Waals surface area contributed by atoms with Gasteiger partial charge in [0.05, 0.1) is 12.0 Å². The SMILES string of the molecule is O=C(COC(=O)CCNC(=O)c1ccc(F)cc1F)NC(=O)NC1CCCCC1. The van der Waals surface area contributed by atoms with Crippen LogP contribution in [0.1, 0.15) is 48.9 Å². The van der Waals surface area contributed by atoms with Gasteiger partial charge in [-0.05, 0) is 25.0 Å². The zero-order valence-electron chi connectivity index (χ0n) is 15.8. The number of esters is 1. The molecule has 1 aromatic rings. The van der Waals surface area contributed by atoms with Crippen molar-refractivity contribution in [2.45, 2.75) is 44.6 Å². The molecule has 0 saturated heterocycles. The Balaban J connectivity index is 1.61. The van der Waals surface area contributed by atoms with Crippen molar-refractivity contribution < 1.29 is 32.7 Å². The van der Waals surface area contributed by atoms with Crippen molar-refractivity contribution in [3.05, 3.63) is 35.4 Å². The maximum atomic E-state index is 13.5. The van der Waals surface area contributed by atoms with Crippen molar-refractivity contribution in [1.82, 2.24) is 16.0 Å². The summed E-state index contributed by atoms with van der Waals surface area (Å²) in [6.07, 6.45) is 4.65. The average Bonchev–Trinajstić information content (AvgIpc) is 2.67. The van der Waals surface area contributed by atoms with Gasteiger partial charge in [0.1, 0.15) is 11.6 Å². The molecule has 0 heterocycles. The Hall–Kier alpha value is -3.04. The maximum Gasteiger partial charge on any atom is 0.321 e. The van der Waals surface area contributed by atoms with Crippen LogP contribution >= 0.6 is 0 Å². The van der Waals surface area contributed by atoms with Crippen LogP contribution in [0, 0.1) is 11.6 Å². The van der Waals surface area contributed by atoms with E-state index in [1.807, 2.05) is 0 Å². The van der Waals surface area contributed by atoms with Crippen LogP contribution in [0.15, 0.2) is 18.2 Å². The van der Waals surface area contributed by atoms with Gasteiger partial charge in [-0.3, -0.25) is 19.7 Å². The fraction of sp³-hybridized carbons (Fsp3) is 0.474. The van der Waals surface area contributed by atoms with Gasteiger partial charge in [0.15, 0.2) is 6.61 Å². The van der Waals surface area contributed by atoms with Gasteiger partial charge in [0, 0.05) is 18.7 Å². The summed E-state index contributed by atoms with van der Waals surface area (Å²) >= 11 is 0. The molecule has 3 N–H and O–H groups in total. The smallest absolute Gasteiger partial charge is 0.321 e. The van der Waals surface area contributed by atoms with Gasteiger partial charge >= 0.3 is 12.0 Å². The van der Waals surface area contributed by atoms with Crippen molar-refractivity contribution in [3.63, 3.8) is 0 Å². The lowest BCUT2D eigenvalue weighted by Gasteiger charge is -2.22.